The van der Waals surface area contributed by atoms with E-state index in [4.69, 9.17) is 11.6 Å². The van der Waals surface area contributed by atoms with E-state index in [1.807, 2.05) is 20.8 Å². The summed E-state index contributed by atoms with van der Waals surface area (Å²) >= 11 is 5.97. The van der Waals surface area contributed by atoms with E-state index >= 15 is 0 Å². The maximum absolute atomic E-state index is 13.4. The molecule has 0 amide bonds. The Labute approximate surface area is 180 Å². The van der Waals surface area contributed by atoms with Crippen molar-refractivity contribution in [1.29, 1.82) is 0 Å². The number of aromatic nitrogens is 2. The zero-order valence-electron chi connectivity index (χ0n) is 17.6. The molecule has 0 spiro atoms. The average molecular weight is 464 g/mol. The van der Waals surface area contributed by atoms with E-state index in [1.54, 1.807) is 33.0 Å². The van der Waals surface area contributed by atoms with Crippen LogP contribution in [0.15, 0.2) is 35.4 Å². The minimum absolute atomic E-state index is 0.268. The summed E-state index contributed by atoms with van der Waals surface area (Å²) < 4.78 is 66.7. The molecule has 0 saturated heterocycles. The van der Waals surface area contributed by atoms with E-state index in [0.29, 0.717) is 18.0 Å². The Morgan fingerprint density at radius 1 is 1.07 bits per heavy atom. The maximum atomic E-state index is 13.4. The fourth-order valence-corrected chi connectivity index (χ4v) is 5.35. The first-order valence-corrected chi connectivity index (χ1v) is 11.1. The van der Waals surface area contributed by atoms with Crippen LogP contribution >= 0.6 is 11.6 Å². The Bertz CT molecular complexity index is 1020. The molecule has 10 heteroatoms. The lowest BCUT2D eigenvalue weighted by Gasteiger charge is -2.31. The fourth-order valence-electron chi connectivity index (χ4n) is 3.04. The van der Waals surface area contributed by atoms with E-state index in [9.17, 15) is 21.6 Å². The zero-order valence-corrected chi connectivity index (χ0v) is 19.2. The van der Waals surface area contributed by atoms with Gasteiger partial charge >= 0.3 is 6.18 Å². The third-order valence-electron chi connectivity index (χ3n) is 4.52. The molecule has 2 rings (SSSR count). The second-order valence-corrected chi connectivity index (χ2v) is 10.5. The monoisotopic (exact) mass is 463 g/mol. The summed E-state index contributed by atoms with van der Waals surface area (Å²) in [4.78, 5) is 8.36. The van der Waals surface area contributed by atoms with Gasteiger partial charge in [0, 0.05) is 23.3 Å². The molecular weight excluding hydrogens is 439 g/mol. The van der Waals surface area contributed by atoms with E-state index in [-0.39, 0.29) is 5.41 Å². The van der Waals surface area contributed by atoms with Crippen LogP contribution in [0.25, 0.3) is 0 Å². The molecule has 1 aromatic carbocycles. The van der Waals surface area contributed by atoms with Gasteiger partial charge < -0.3 is 0 Å². The van der Waals surface area contributed by atoms with Gasteiger partial charge in [-0.05, 0) is 45.0 Å². The van der Waals surface area contributed by atoms with Crippen LogP contribution in [0, 0.1) is 0 Å². The molecule has 5 nitrogen and oxygen atoms in total. The topological polar surface area (TPSA) is 63.2 Å². The average Bonchev–Trinajstić information content (AvgIpc) is 2.59. The lowest BCUT2D eigenvalue weighted by molar-refractivity contribution is -0.137. The van der Waals surface area contributed by atoms with Gasteiger partial charge in [-0.3, -0.25) is 0 Å². The van der Waals surface area contributed by atoms with Crippen LogP contribution in [0.1, 0.15) is 64.7 Å². The fraction of sp³-hybridized carbons (Fsp3) is 0.500. The van der Waals surface area contributed by atoms with Crippen molar-refractivity contribution in [1.82, 2.24) is 14.3 Å². The lowest BCUT2D eigenvalue weighted by atomic mass is 9.92. The maximum Gasteiger partial charge on any atom is 0.416 e. The summed E-state index contributed by atoms with van der Waals surface area (Å²) in [5, 5.41) is -0.493. The number of rotatable bonds is 5. The normalized spacial score (nSPS) is 14.4. The third-order valence-corrected chi connectivity index (χ3v) is 7.15. The smallest absolute Gasteiger partial charge is 0.240 e. The summed E-state index contributed by atoms with van der Waals surface area (Å²) in [6.07, 6.45) is -3.06. The first-order valence-electron chi connectivity index (χ1n) is 9.30. The predicted octanol–water partition coefficient (Wildman–Crippen LogP) is 5.61. The number of alkyl halides is 3. The first kappa shape index (κ1) is 24.6. The second-order valence-electron chi connectivity index (χ2n) is 8.30. The van der Waals surface area contributed by atoms with Crippen molar-refractivity contribution in [2.45, 2.75) is 70.1 Å². The van der Waals surface area contributed by atoms with Gasteiger partial charge in [-0.1, -0.05) is 32.4 Å². The van der Waals surface area contributed by atoms with Crippen molar-refractivity contribution in [2.24, 2.45) is 0 Å². The van der Waals surface area contributed by atoms with E-state index in [1.165, 1.54) is 0 Å². The molecule has 1 aromatic heterocycles. The molecule has 0 radical (unpaired) electrons. The number of sulfonamides is 1. The molecule has 166 valence electrons. The quantitative estimate of drug-likeness (QED) is 0.578. The Kier molecular flexibility index (Phi) is 6.90. The number of hydrogen-bond donors (Lipinski definition) is 0. The number of nitrogens with zero attached hydrogens (tertiary/aromatic N) is 3. The summed E-state index contributed by atoms with van der Waals surface area (Å²) in [7, 11) is -4.23. The second kappa shape index (κ2) is 8.43. The van der Waals surface area contributed by atoms with Gasteiger partial charge in [0.15, 0.2) is 0 Å². The van der Waals surface area contributed by atoms with Crippen molar-refractivity contribution in [3.63, 3.8) is 0 Å². The summed E-state index contributed by atoms with van der Waals surface area (Å²) in [6, 6.07) is 2.68. The van der Waals surface area contributed by atoms with E-state index in [2.05, 4.69) is 9.97 Å². The van der Waals surface area contributed by atoms with Gasteiger partial charge in [-0.2, -0.15) is 17.5 Å². The molecule has 1 unspecified atom stereocenters. The summed E-state index contributed by atoms with van der Waals surface area (Å²) in [5.74, 6) is 0.294. The van der Waals surface area contributed by atoms with Crippen molar-refractivity contribution >= 4 is 21.6 Å². The molecule has 1 atom stereocenters. The molecule has 0 fully saturated rings. The highest BCUT2D eigenvalue weighted by molar-refractivity contribution is 7.89. The van der Waals surface area contributed by atoms with Crippen LogP contribution in [0.4, 0.5) is 13.2 Å². The van der Waals surface area contributed by atoms with Gasteiger partial charge in [0.1, 0.15) is 10.7 Å². The molecule has 0 saturated carbocycles. The van der Waals surface area contributed by atoms with Crippen LogP contribution < -0.4 is 0 Å². The Morgan fingerprint density at radius 2 is 1.67 bits per heavy atom. The molecule has 0 bridgehead atoms. The highest BCUT2D eigenvalue weighted by atomic mass is 35.5. The molecule has 30 heavy (non-hydrogen) atoms. The molecule has 0 aliphatic carbocycles. The van der Waals surface area contributed by atoms with Gasteiger partial charge in [0.05, 0.1) is 16.6 Å². The van der Waals surface area contributed by atoms with Crippen molar-refractivity contribution in [3.05, 3.63) is 52.6 Å². The Hall–Kier alpha value is -1.71. The third kappa shape index (κ3) is 5.12. The summed E-state index contributed by atoms with van der Waals surface area (Å²) in [6.45, 7) is 10.9. The highest BCUT2D eigenvalue weighted by Gasteiger charge is 2.37. The lowest BCUT2D eigenvalue weighted by Crippen LogP contribution is -2.40. The Morgan fingerprint density at radius 3 is 2.13 bits per heavy atom. The number of halogens is 4. The molecule has 0 N–H and O–H groups in total. The minimum atomic E-state index is -4.63. The predicted molar refractivity (Wildman–Crippen MR) is 110 cm³/mol. The van der Waals surface area contributed by atoms with E-state index in [0.717, 1.165) is 16.1 Å². The van der Waals surface area contributed by atoms with Crippen LogP contribution in [0.5, 0.6) is 0 Å². The SMILES string of the molecule is CC(C)N(C(C)c1nccc(C(C)(C)C)n1)S(=O)(=O)c1ccc(C(F)(F)F)cc1Cl. The highest BCUT2D eigenvalue weighted by Crippen LogP contribution is 2.36. The number of hydrogen-bond acceptors (Lipinski definition) is 4. The van der Waals surface area contributed by atoms with Gasteiger partial charge in [-0.15, -0.1) is 0 Å². The standard InChI is InChI=1S/C20H25ClF3N3O2S/c1-12(2)27(13(3)18-25-10-9-17(26-18)19(4,5)6)30(28,29)16-8-7-14(11-15(16)21)20(22,23)24/h7-13H,1-6H3. The van der Waals surface area contributed by atoms with Gasteiger partial charge in [-0.25, -0.2) is 18.4 Å². The molecule has 0 aliphatic heterocycles. The van der Waals surface area contributed by atoms with Crippen molar-refractivity contribution in [3.8, 4) is 0 Å². The van der Waals surface area contributed by atoms with Crippen molar-refractivity contribution < 1.29 is 21.6 Å². The molecule has 0 aliphatic rings. The summed E-state index contributed by atoms with van der Waals surface area (Å²) in [5.41, 5.74) is -0.541. The van der Waals surface area contributed by atoms with Gasteiger partial charge in [0.25, 0.3) is 0 Å². The Balaban J connectivity index is 2.55. The van der Waals surface area contributed by atoms with Crippen LogP contribution in [0.2, 0.25) is 5.02 Å². The molecular formula is C20H25ClF3N3O2S. The van der Waals surface area contributed by atoms with Crippen LogP contribution in [-0.4, -0.2) is 28.7 Å². The molecule has 1 heterocycles. The van der Waals surface area contributed by atoms with Gasteiger partial charge in [0.2, 0.25) is 10.0 Å². The zero-order chi connectivity index (χ0) is 23.1. The van der Waals surface area contributed by atoms with Crippen LogP contribution in [-0.2, 0) is 21.6 Å². The number of benzene rings is 1. The van der Waals surface area contributed by atoms with Crippen LogP contribution in [0.3, 0.4) is 0 Å². The largest absolute Gasteiger partial charge is 0.416 e. The van der Waals surface area contributed by atoms with Crippen molar-refractivity contribution in [2.75, 3.05) is 0 Å². The molecule has 2 aromatic rings. The van der Waals surface area contributed by atoms with E-state index < -0.39 is 43.8 Å². The first-order chi connectivity index (χ1) is 13.6. The minimum Gasteiger partial charge on any atom is -0.240 e.